The van der Waals surface area contributed by atoms with E-state index in [4.69, 9.17) is 4.74 Å². The number of thioether (sulfide) groups is 1. The van der Waals surface area contributed by atoms with Gasteiger partial charge in [0.25, 0.3) is 0 Å². The lowest BCUT2D eigenvalue weighted by atomic mass is 10.2. The molecule has 3 rings (SSSR count). The van der Waals surface area contributed by atoms with Gasteiger partial charge in [-0.25, -0.2) is 9.97 Å². The van der Waals surface area contributed by atoms with E-state index in [1.807, 2.05) is 23.9 Å². The molecule has 0 aliphatic carbocycles. The molecule has 0 unspecified atom stereocenters. The van der Waals surface area contributed by atoms with Gasteiger partial charge in [0.1, 0.15) is 5.75 Å². The molecule has 2 aromatic rings. The fourth-order valence-electron chi connectivity index (χ4n) is 2.21. The highest BCUT2D eigenvalue weighted by atomic mass is 79.9. The van der Waals surface area contributed by atoms with E-state index in [1.54, 1.807) is 18.5 Å². The number of benzene rings is 1. The van der Waals surface area contributed by atoms with Crippen molar-refractivity contribution in [3.05, 3.63) is 46.7 Å². The maximum Gasteiger partial charge on any atom is 0.321 e. The first-order chi connectivity index (χ1) is 10.3. The van der Waals surface area contributed by atoms with Crippen LogP contribution in [0.5, 0.6) is 11.8 Å². The Morgan fingerprint density at radius 1 is 1.19 bits per heavy atom. The van der Waals surface area contributed by atoms with Gasteiger partial charge in [0.05, 0.1) is 0 Å². The second kappa shape index (κ2) is 7.24. The van der Waals surface area contributed by atoms with Gasteiger partial charge in [-0.2, -0.15) is 11.8 Å². The third-order valence-corrected chi connectivity index (χ3v) is 4.70. The molecule has 0 saturated carbocycles. The van der Waals surface area contributed by atoms with Crippen LogP contribution >= 0.6 is 27.7 Å². The zero-order valence-corrected chi connectivity index (χ0v) is 13.9. The Morgan fingerprint density at radius 3 is 2.71 bits per heavy atom. The van der Waals surface area contributed by atoms with Gasteiger partial charge in [0, 0.05) is 53.6 Å². The van der Waals surface area contributed by atoms with Crippen molar-refractivity contribution in [3.63, 3.8) is 0 Å². The molecule has 0 bridgehead atoms. The molecule has 1 aliphatic heterocycles. The average Bonchev–Trinajstić information content (AvgIpc) is 2.52. The molecule has 0 N–H and O–H groups in total. The van der Waals surface area contributed by atoms with Crippen molar-refractivity contribution in [1.82, 2.24) is 14.9 Å². The van der Waals surface area contributed by atoms with Crippen LogP contribution in [0.25, 0.3) is 0 Å². The summed E-state index contributed by atoms with van der Waals surface area (Å²) in [5, 5.41) is 0. The zero-order valence-electron chi connectivity index (χ0n) is 11.5. The second-order valence-electron chi connectivity index (χ2n) is 4.77. The summed E-state index contributed by atoms with van der Waals surface area (Å²) in [4.78, 5) is 10.7. The third-order valence-electron chi connectivity index (χ3n) is 3.26. The Hall–Kier alpha value is -1.11. The van der Waals surface area contributed by atoms with E-state index in [-0.39, 0.29) is 0 Å². The summed E-state index contributed by atoms with van der Waals surface area (Å²) in [6.45, 7) is 3.14. The molecule has 0 radical (unpaired) electrons. The molecule has 0 amide bonds. The van der Waals surface area contributed by atoms with Gasteiger partial charge in [-0.15, -0.1) is 0 Å². The van der Waals surface area contributed by atoms with Crippen molar-refractivity contribution in [2.75, 3.05) is 24.6 Å². The van der Waals surface area contributed by atoms with Crippen LogP contribution in [0, 0.1) is 0 Å². The van der Waals surface area contributed by atoms with E-state index in [9.17, 15) is 0 Å². The van der Waals surface area contributed by atoms with Gasteiger partial charge in [-0.3, -0.25) is 4.90 Å². The molecule has 1 aromatic carbocycles. The number of rotatable bonds is 4. The van der Waals surface area contributed by atoms with E-state index >= 15 is 0 Å². The summed E-state index contributed by atoms with van der Waals surface area (Å²) in [5.74, 6) is 3.22. The lowest BCUT2D eigenvalue weighted by Crippen LogP contribution is -2.32. The Bertz CT molecular complexity index is 591. The van der Waals surface area contributed by atoms with Gasteiger partial charge in [-0.05, 0) is 24.3 Å². The lowest BCUT2D eigenvalue weighted by Gasteiger charge is -2.26. The van der Waals surface area contributed by atoms with Crippen LogP contribution in [0.15, 0.2) is 41.1 Å². The Morgan fingerprint density at radius 2 is 1.95 bits per heavy atom. The molecule has 4 nitrogen and oxygen atoms in total. The molecule has 1 saturated heterocycles. The van der Waals surface area contributed by atoms with Crippen molar-refractivity contribution in [1.29, 1.82) is 0 Å². The molecule has 1 aliphatic rings. The number of halogens is 1. The summed E-state index contributed by atoms with van der Waals surface area (Å²) < 4.78 is 6.89. The van der Waals surface area contributed by atoms with Crippen molar-refractivity contribution >= 4 is 27.7 Å². The number of hydrogen-bond donors (Lipinski definition) is 0. The number of ether oxygens (including phenoxy) is 1. The summed E-state index contributed by atoms with van der Waals surface area (Å²) in [7, 11) is 0. The fourth-order valence-corrected chi connectivity index (χ4v) is 3.60. The predicted octanol–water partition coefficient (Wildman–Crippen LogP) is 3.58. The van der Waals surface area contributed by atoms with E-state index in [1.165, 1.54) is 11.5 Å². The van der Waals surface area contributed by atoms with Crippen LogP contribution in [-0.2, 0) is 6.54 Å². The molecule has 6 heteroatoms. The quantitative estimate of drug-likeness (QED) is 0.827. The largest absolute Gasteiger partial charge is 0.424 e. The number of nitrogens with zero attached hydrogens (tertiary/aromatic N) is 3. The van der Waals surface area contributed by atoms with E-state index in [0.29, 0.717) is 6.01 Å². The molecule has 0 atom stereocenters. The topological polar surface area (TPSA) is 38.3 Å². The number of aromatic nitrogens is 2. The highest BCUT2D eigenvalue weighted by molar-refractivity contribution is 9.10. The highest BCUT2D eigenvalue weighted by Gasteiger charge is 2.14. The minimum atomic E-state index is 0.385. The molecular formula is C15H16BrN3OS. The maximum absolute atomic E-state index is 5.83. The smallest absolute Gasteiger partial charge is 0.321 e. The summed E-state index contributed by atoms with van der Waals surface area (Å²) >= 11 is 5.55. The van der Waals surface area contributed by atoms with E-state index in [2.05, 4.69) is 36.9 Å². The average molecular weight is 366 g/mol. The van der Waals surface area contributed by atoms with Gasteiger partial charge in [-0.1, -0.05) is 15.9 Å². The van der Waals surface area contributed by atoms with Crippen LogP contribution in [0.4, 0.5) is 0 Å². The van der Waals surface area contributed by atoms with Crippen molar-refractivity contribution in [2.45, 2.75) is 6.54 Å². The molecule has 1 fully saturated rings. The molecule has 1 aromatic heterocycles. The maximum atomic E-state index is 5.83. The van der Waals surface area contributed by atoms with Crippen LogP contribution in [0.3, 0.4) is 0 Å². The SMILES string of the molecule is Brc1ccc(Oc2ncccn2)c(CN2CCSCC2)c1. The monoisotopic (exact) mass is 365 g/mol. The molecule has 2 heterocycles. The van der Waals surface area contributed by atoms with E-state index < -0.39 is 0 Å². The fraction of sp³-hybridized carbons (Fsp3) is 0.333. The van der Waals surface area contributed by atoms with Crippen molar-refractivity contribution in [2.24, 2.45) is 0 Å². The molecular weight excluding hydrogens is 350 g/mol. The minimum absolute atomic E-state index is 0.385. The summed E-state index contributed by atoms with van der Waals surface area (Å²) in [6.07, 6.45) is 3.37. The van der Waals surface area contributed by atoms with E-state index in [0.717, 1.165) is 35.4 Å². The Labute approximate surface area is 137 Å². The van der Waals surface area contributed by atoms with Gasteiger partial charge >= 0.3 is 6.01 Å². The second-order valence-corrected chi connectivity index (χ2v) is 6.91. The predicted molar refractivity (Wildman–Crippen MR) is 88.9 cm³/mol. The highest BCUT2D eigenvalue weighted by Crippen LogP contribution is 2.28. The standard InChI is InChI=1S/C15H16BrN3OS/c16-13-2-3-14(20-15-17-4-1-5-18-15)12(10-13)11-19-6-8-21-9-7-19/h1-5,10H,6-9,11H2. The Balaban J connectivity index is 1.79. The first-order valence-electron chi connectivity index (χ1n) is 6.85. The van der Waals surface area contributed by atoms with Crippen LogP contribution in [0.1, 0.15) is 5.56 Å². The van der Waals surface area contributed by atoms with Crippen LogP contribution in [-0.4, -0.2) is 39.5 Å². The van der Waals surface area contributed by atoms with Crippen LogP contribution in [0.2, 0.25) is 0 Å². The summed E-state index contributed by atoms with van der Waals surface area (Å²) in [6, 6.07) is 8.22. The van der Waals surface area contributed by atoms with Crippen LogP contribution < -0.4 is 4.74 Å². The van der Waals surface area contributed by atoms with Gasteiger partial charge in [0.2, 0.25) is 0 Å². The molecule has 21 heavy (non-hydrogen) atoms. The van der Waals surface area contributed by atoms with Crippen molar-refractivity contribution in [3.8, 4) is 11.8 Å². The van der Waals surface area contributed by atoms with Crippen molar-refractivity contribution < 1.29 is 4.74 Å². The van der Waals surface area contributed by atoms with Gasteiger partial charge < -0.3 is 4.74 Å². The normalized spacial score (nSPS) is 15.9. The zero-order chi connectivity index (χ0) is 14.5. The molecule has 0 spiro atoms. The lowest BCUT2D eigenvalue weighted by molar-refractivity contribution is 0.289. The summed E-state index contributed by atoms with van der Waals surface area (Å²) in [5.41, 5.74) is 1.16. The Kier molecular flexibility index (Phi) is 5.11. The minimum Gasteiger partial charge on any atom is -0.424 e. The first-order valence-corrected chi connectivity index (χ1v) is 8.79. The molecule has 110 valence electrons. The third kappa shape index (κ3) is 4.18. The first kappa shape index (κ1) is 14.8. The number of hydrogen-bond acceptors (Lipinski definition) is 5. The van der Waals surface area contributed by atoms with Gasteiger partial charge in [0.15, 0.2) is 0 Å².